The predicted octanol–water partition coefficient (Wildman–Crippen LogP) is 2.96. The van der Waals surface area contributed by atoms with Crippen LogP contribution in [0.25, 0.3) is 5.65 Å². The summed E-state index contributed by atoms with van der Waals surface area (Å²) in [5.41, 5.74) is 8.24. The number of ether oxygens (including phenoxy) is 1. The van der Waals surface area contributed by atoms with Gasteiger partial charge >= 0.3 is 12.4 Å². The van der Waals surface area contributed by atoms with Gasteiger partial charge in [-0.3, -0.25) is 0 Å². The van der Waals surface area contributed by atoms with Gasteiger partial charge in [-0.1, -0.05) is 0 Å². The van der Waals surface area contributed by atoms with Gasteiger partial charge in [-0.25, -0.2) is 4.79 Å². The molecule has 0 saturated carbocycles. The smallest absolute Gasteiger partial charge is 0.406 e. The van der Waals surface area contributed by atoms with Crippen LogP contribution in [0.3, 0.4) is 0 Å². The molecule has 3 aromatic rings. The van der Waals surface area contributed by atoms with E-state index in [2.05, 4.69) is 25.1 Å². The fourth-order valence-electron chi connectivity index (χ4n) is 3.78. The van der Waals surface area contributed by atoms with Crippen LogP contribution in [0.15, 0.2) is 24.4 Å². The number of nitrogen functional groups attached to an aromatic ring is 1. The zero-order valence-electron chi connectivity index (χ0n) is 18.2. The molecule has 1 fully saturated rings. The van der Waals surface area contributed by atoms with E-state index in [0.29, 0.717) is 42.5 Å². The van der Waals surface area contributed by atoms with Crippen LogP contribution in [-0.4, -0.2) is 62.6 Å². The fourth-order valence-corrected chi connectivity index (χ4v) is 3.78. The molecule has 1 aromatic carbocycles. The van der Waals surface area contributed by atoms with Gasteiger partial charge in [0.05, 0.1) is 6.20 Å². The Morgan fingerprint density at radius 3 is 2.64 bits per heavy atom. The number of fused-ring (bicyclic) bond motifs is 1. The van der Waals surface area contributed by atoms with Crippen LogP contribution in [-0.2, 0) is 0 Å². The Labute approximate surface area is 187 Å². The molecular weight excluding hydrogens is 441 g/mol. The van der Waals surface area contributed by atoms with Crippen molar-refractivity contribution in [3.8, 4) is 5.75 Å². The maximum Gasteiger partial charge on any atom is 0.573 e. The van der Waals surface area contributed by atoms with E-state index in [4.69, 9.17) is 5.73 Å². The molecule has 0 radical (unpaired) electrons. The number of urea groups is 1. The highest BCUT2D eigenvalue weighted by Crippen LogP contribution is 2.27. The zero-order valence-corrected chi connectivity index (χ0v) is 18.2. The lowest BCUT2D eigenvalue weighted by Crippen LogP contribution is -2.55. The first-order valence-corrected chi connectivity index (χ1v) is 10.2. The number of carbonyl (C=O) groups excluding carboxylic acids is 1. The van der Waals surface area contributed by atoms with Crippen LogP contribution >= 0.6 is 0 Å². The highest BCUT2D eigenvalue weighted by molar-refractivity contribution is 5.90. The van der Waals surface area contributed by atoms with Crippen molar-refractivity contribution in [1.82, 2.24) is 24.5 Å². The minimum atomic E-state index is -4.78. The van der Waals surface area contributed by atoms with Crippen LogP contribution in [0.5, 0.6) is 5.75 Å². The maximum absolute atomic E-state index is 12.8. The number of piperazine rings is 1. The first-order valence-electron chi connectivity index (χ1n) is 10.2. The molecule has 33 heavy (non-hydrogen) atoms. The summed E-state index contributed by atoms with van der Waals surface area (Å²) in [7, 11) is 0. The average molecular weight is 464 g/mol. The topological polar surface area (TPSA) is 114 Å². The Morgan fingerprint density at radius 2 is 1.97 bits per heavy atom. The Morgan fingerprint density at radius 1 is 1.21 bits per heavy atom. The Kier molecular flexibility index (Phi) is 5.64. The number of nitrogens with one attached hydrogen (secondary N) is 1. The van der Waals surface area contributed by atoms with Gasteiger partial charge in [-0.15, -0.1) is 13.2 Å². The van der Waals surface area contributed by atoms with Crippen molar-refractivity contribution in [2.24, 2.45) is 0 Å². The first-order chi connectivity index (χ1) is 15.5. The monoisotopic (exact) mass is 464 g/mol. The molecule has 1 atom stereocenters. The second kappa shape index (κ2) is 8.30. The normalized spacial score (nSPS) is 16.8. The SMILES string of the molecule is Cc1cc(OC(F)(F)F)ccc1NC(=O)N1CCN(c2nc(N)nc3c(C)cnn23)[C@@H](C)C1. The Balaban J connectivity index is 1.45. The third-order valence-corrected chi connectivity index (χ3v) is 5.39. The molecule has 1 aliphatic heterocycles. The van der Waals surface area contributed by atoms with Gasteiger partial charge in [0.15, 0.2) is 5.65 Å². The van der Waals surface area contributed by atoms with Gasteiger partial charge < -0.3 is 25.6 Å². The number of anilines is 3. The van der Waals surface area contributed by atoms with Crippen LogP contribution in [0, 0.1) is 13.8 Å². The van der Waals surface area contributed by atoms with Crippen LogP contribution in [0.1, 0.15) is 18.1 Å². The standard InChI is InChI=1S/C20H23F3N8O2/c1-11-8-14(33-20(21,22)23)4-5-15(11)26-19(32)29-6-7-30(13(3)10-29)18-28-17(24)27-16-12(2)9-25-31(16)18/h4-5,8-9,13H,6-7,10H2,1-3H3,(H2,24,27)(H,26,32)/t13-/m0/s1. The van der Waals surface area contributed by atoms with Crippen molar-refractivity contribution >= 4 is 29.3 Å². The molecule has 2 aromatic heterocycles. The molecule has 3 heterocycles. The van der Waals surface area contributed by atoms with Gasteiger partial charge in [0.25, 0.3) is 0 Å². The summed E-state index contributed by atoms with van der Waals surface area (Å²) in [6.45, 7) is 6.71. The second-order valence-electron chi connectivity index (χ2n) is 7.89. The summed E-state index contributed by atoms with van der Waals surface area (Å²) < 4.78 is 42.8. The summed E-state index contributed by atoms with van der Waals surface area (Å²) in [5, 5.41) is 7.09. The number of nitrogens with two attached hydrogens (primary N) is 1. The molecular formula is C20H23F3N8O2. The van der Waals surface area contributed by atoms with Gasteiger partial charge in [0.2, 0.25) is 11.9 Å². The molecule has 0 bridgehead atoms. The van der Waals surface area contributed by atoms with Crippen molar-refractivity contribution in [2.75, 3.05) is 35.6 Å². The lowest BCUT2D eigenvalue weighted by Gasteiger charge is -2.40. The predicted molar refractivity (Wildman–Crippen MR) is 115 cm³/mol. The van der Waals surface area contributed by atoms with Crippen LogP contribution in [0.4, 0.5) is 35.5 Å². The molecule has 1 saturated heterocycles. The Hall–Kier alpha value is -3.77. The van der Waals surface area contributed by atoms with Crippen molar-refractivity contribution < 1.29 is 22.7 Å². The van der Waals surface area contributed by atoms with E-state index in [1.165, 1.54) is 12.1 Å². The lowest BCUT2D eigenvalue weighted by atomic mass is 10.2. The summed E-state index contributed by atoms with van der Waals surface area (Å²) in [5.74, 6) is 0.348. The number of carbonyl (C=O) groups is 1. The summed E-state index contributed by atoms with van der Waals surface area (Å²) >= 11 is 0. The van der Waals surface area contributed by atoms with Crippen LogP contribution < -0.4 is 20.7 Å². The number of aromatic nitrogens is 4. The van der Waals surface area contributed by atoms with Crippen molar-refractivity contribution in [1.29, 1.82) is 0 Å². The number of amides is 2. The number of alkyl halides is 3. The van der Waals surface area contributed by atoms with E-state index in [9.17, 15) is 18.0 Å². The fraction of sp³-hybridized carbons (Fsp3) is 0.400. The van der Waals surface area contributed by atoms with E-state index in [0.717, 1.165) is 11.6 Å². The van der Waals surface area contributed by atoms with E-state index in [1.54, 1.807) is 22.5 Å². The maximum atomic E-state index is 12.8. The number of benzene rings is 1. The van der Waals surface area contributed by atoms with Crippen molar-refractivity contribution in [3.63, 3.8) is 0 Å². The molecule has 2 amide bonds. The average Bonchev–Trinajstić information content (AvgIpc) is 3.09. The van der Waals surface area contributed by atoms with Gasteiger partial charge in [0.1, 0.15) is 5.75 Å². The zero-order chi connectivity index (χ0) is 23.9. The van der Waals surface area contributed by atoms with Gasteiger partial charge in [0, 0.05) is 36.9 Å². The number of halogens is 3. The summed E-state index contributed by atoms with van der Waals surface area (Å²) in [6, 6.07) is 3.31. The Bertz CT molecular complexity index is 1200. The highest BCUT2D eigenvalue weighted by Gasteiger charge is 2.32. The molecule has 4 rings (SSSR count). The summed E-state index contributed by atoms with van der Waals surface area (Å²) in [4.78, 5) is 25.0. The van der Waals surface area contributed by atoms with E-state index in [-0.39, 0.29) is 23.8 Å². The van der Waals surface area contributed by atoms with E-state index >= 15 is 0 Å². The van der Waals surface area contributed by atoms with E-state index in [1.807, 2.05) is 18.7 Å². The van der Waals surface area contributed by atoms with Crippen molar-refractivity contribution in [3.05, 3.63) is 35.5 Å². The number of hydrogen-bond acceptors (Lipinski definition) is 7. The molecule has 1 aliphatic rings. The second-order valence-corrected chi connectivity index (χ2v) is 7.89. The summed E-state index contributed by atoms with van der Waals surface area (Å²) in [6.07, 6.45) is -3.09. The molecule has 0 aliphatic carbocycles. The molecule has 13 heteroatoms. The van der Waals surface area contributed by atoms with Gasteiger partial charge in [-0.2, -0.15) is 19.6 Å². The number of nitrogens with zero attached hydrogens (tertiary/aromatic N) is 6. The first kappa shape index (κ1) is 22.4. The lowest BCUT2D eigenvalue weighted by molar-refractivity contribution is -0.274. The number of aryl methyl sites for hydroxylation is 2. The highest BCUT2D eigenvalue weighted by atomic mass is 19.4. The number of rotatable bonds is 3. The van der Waals surface area contributed by atoms with Crippen LogP contribution in [0.2, 0.25) is 0 Å². The molecule has 176 valence electrons. The minimum absolute atomic E-state index is 0.102. The number of hydrogen-bond donors (Lipinski definition) is 2. The third-order valence-electron chi connectivity index (χ3n) is 5.39. The third kappa shape index (κ3) is 4.71. The minimum Gasteiger partial charge on any atom is -0.406 e. The molecule has 0 spiro atoms. The molecule has 3 N–H and O–H groups in total. The van der Waals surface area contributed by atoms with Crippen molar-refractivity contribution in [2.45, 2.75) is 33.2 Å². The quantitative estimate of drug-likeness (QED) is 0.613. The van der Waals surface area contributed by atoms with E-state index < -0.39 is 6.36 Å². The van der Waals surface area contributed by atoms with Gasteiger partial charge in [-0.05, 0) is 44.5 Å². The largest absolute Gasteiger partial charge is 0.573 e. The molecule has 10 nitrogen and oxygen atoms in total. The molecule has 0 unspecified atom stereocenters.